The summed E-state index contributed by atoms with van der Waals surface area (Å²) in [5, 5.41) is 8.93. The number of rotatable bonds is 12. The monoisotopic (exact) mass is 449 g/mol. The first kappa shape index (κ1) is 26.5. The molecule has 4 nitrogen and oxygen atoms in total. The van der Waals surface area contributed by atoms with Crippen LogP contribution >= 0.6 is 0 Å². The first-order chi connectivity index (χ1) is 15.7. The number of ether oxygens (including phenoxy) is 2. The smallest absolute Gasteiger partial charge is 0.312 e. The minimum atomic E-state index is -0.494. The second-order valence-corrected chi connectivity index (χ2v) is 9.82. The quantitative estimate of drug-likeness (QED) is 0.250. The van der Waals surface area contributed by atoms with E-state index in [9.17, 15) is 4.79 Å². The van der Waals surface area contributed by atoms with Gasteiger partial charge in [0.15, 0.2) is 0 Å². The minimum absolute atomic E-state index is 0.0868. The average Bonchev–Trinajstić information content (AvgIpc) is 2.82. The van der Waals surface area contributed by atoms with Crippen LogP contribution in [0.5, 0.6) is 5.75 Å². The molecule has 0 saturated heterocycles. The largest absolute Gasteiger partial charge is 0.490 e. The molecular weight excluding hydrogens is 410 g/mol. The normalized spacial score (nSPS) is 13.3. The predicted octanol–water partition coefficient (Wildman–Crippen LogP) is 7.42. The van der Waals surface area contributed by atoms with Crippen LogP contribution < -0.4 is 4.74 Å². The summed E-state index contributed by atoms with van der Waals surface area (Å²) in [6, 6.07) is 17.4. The van der Waals surface area contributed by atoms with Crippen LogP contribution in [0, 0.1) is 28.1 Å². The molecule has 0 N–H and O–H groups in total. The zero-order valence-electron chi connectivity index (χ0n) is 21.1. The molecule has 2 aromatic carbocycles. The van der Waals surface area contributed by atoms with Crippen molar-refractivity contribution in [2.75, 3.05) is 13.2 Å². The van der Waals surface area contributed by atoms with Gasteiger partial charge in [-0.25, -0.2) is 0 Å². The molecule has 178 valence electrons. The van der Waals surface area contributed by atoms with Crippen molar-refractivity contribution in [3.63, 3.8) is 0 Å². The number of carbonyl (C=O) groups is 1. The number of esters is 1. The molecular formula is C29H39NO3. The van der Waals surface area contributed by atoms with Crippen molar-refractivity contribution in [2.45, 2.75) is 67.2 Å². The van der Waals surface area contributed by atoms with Gasteiger partial charge in [-0.2, -0.15) is 5.26 Å². The van der Waals surface area contributed by atoms with Gasteiger partial charge in [-0.15, -0.1) is 0 Å². The molecule has 1 unspecified atom stereocenters. The number of hydrogen-bond donors (Lipinski definition) is 0. The third-order valence-electron chi connectivity index (χ3n) is 6.94. The molecule has 0 aliphatic heterocycles. The Hall–Kier alpha value is -2.80. The summed E-state index contributed by atoms with van der Waals surface area (Å²) in [5.74, 6) is 0.919. The molecule has 2 aromatic rings. The van der Waals surface area contributed by atoms with Crippen LogP contribution in [0.3, 0.4) is 0 Å². The summed E-state index contributed by atoms with van der Waals surface area (Å²) in [5.41, 5.74) is 2.34. The fourth-order valence-corrected chi connectivity index (χ4v) is 4.63. The van der Waals surface area contributed by atoms with Crippen molar-refractivity contribution >= 4 is 5.97 Å². The van der Waals surface area contributed by atoms with E-state index in [1.54, 1.807) is 0 Å². The molecule has 33 heavy (non-hydrogen) atoms. The van der Waals surface area contributed by atoms with E-state index >= 15 is 0 Å². The van der Waals surface area contributed by atoms with Crippen LogP contribution in [0.1, 0.15) is 72.8 Å². The van der Waals surface area contributed by atoms with Gasteiger partial charge in [0.25, 0.3) is 0 Å². The lowest BCUT2D eigenvalue weighted by Crippen LogP contribution is -2.41. The molecule has 0 spiro atoms. The number of carbonyl (C=O) groups excluding carboxylic acids is 1. The Morgan fingerprint density at radius 3 is 1.94 bits per heavy atom. The van der Waals surface area contributed by atoms with E-state index in [-0.39, 0.29) is 18.0 Å². The fraction of sp³-hybridized carbons (Fsp3) is 0.517. The summed E-state index contributed by atoms with van der Waals surface area (Å²) < 4.78 is 11.5. The van der Waals surface area contributed by atoms with Crippen LogP contribution in [0.2, 0.25) is 0 Å². The van der Waals surface area contributed by atoms with Crippen molar-refractivity contribution in [3.05, 3.63) is 54.1 Å². The van der Waals surface area contributed by atoms with Crippen molar-refractivity contribution in [2.24, 2.45) is 16.7 Å². The first-order valence-corrected chi connectivity index (χ1v) is 12.1. The fourth-order valence-electron chi connectivity index (χ4n) is 4.63. The average molecular weight is 450 g/mol. The van der Waals surface area contributed by atoms with Gasteiger partial charge >= 0.3 is 5.97 Å². The van der Waals surface area contributed by atoms with Crippen LogP contribution in [-0.4, -0.2) is 19.2 Å². The highest BCUT2D eigenvalue weighted by Crippen LogP contribution is 2.44. The molecule has 0 aliphatic rings. The molecule has 4 heteroatoms. The Morgan fingerprint density at radius 2 is 1.45 bits per heavy atom. The zero-order chi connectivity index (χ0) is 24.5. The van der Waals surface area contributed by atoms with Crippen LogP contribution in [0.4, 0.5) is 0 Å². The van der Waals surface area contributed by atoms with Gasteiger partial charge in [0.2, 0.25) is 0 Å². The molecule has 0 aromatic heterocycles. The Bertz CT molecular complexity index is 921. The van der Waals surface area contributed by atoms with Gasteiger partial charge in [0, 0.05) is 0 Å². The molecule has 1 atom stereocenters. The second-order valence-electron chi connectivity index (χ2n) is 9.82. The lowest BCUT2D eigenvalue weighted by atomic mass is 9.64. The second kappa shape index (κ2) is 11.9. The summed E-state index contributed by atoms with van der Waals surface area (Å²) in [4.78, 5) is 13.2. The lowest BCUT2D eigenvalue weighted by molar-refractivity contribution is -0.162. The molecule has 0 heterocycles. The maximum absolute atomic E-state index is 13.2. The third kappa shape index (κ3) is 7.09. The van der Waals surface area contributed by atoms with Crippen molar-refractivity contribution in [3.8, 4) is 22.9 Å². The topological polar surface area (TPSA) is 59.3 Å². The molecule has 0 aliphatic carbocycles. The number of benzene rings is 2. The van der Waals surface area contributed by atoms with Gasteiger partial charge in [0.05, 0.1) is 17.0 Å². The summed E-state index contributed by atoms with van der Waals surface area (Å²) in [6.45, 7) is 13.6. The zero-order valence-corrected chi connectivity index (χ0v) is 21.1. The summed E-state index contributed by atoms with van der Waals surface area (Å²) >= 11 is 0. The Balaban J connectivity index is 1.93. The van der Waals surface area contributed by atoms with E-state index in [2.05, 4.69) is 47.6 Å². The van der Waals surface area contributed by atoms with E-state index in [4.69, 9.17) is 14.7 Å². The van der Waals surface area contributed by atoms with E-state index < -0.39 is 5.41 Å². The van der Waals surface area contributed by atoms with E-state index in [0.717, 1.165) is 42.6 Å². The molecule has 2 rings (SSSR count). The molecule has 0 bridgehead atoms. The summed E-state index contributed by atoms with van der Waals surface area (Å²) in [7, 11) is 0. The van der Waals surface area contributed by atoms with Gasteiger partial charge in [-0.05, 0) is 60.1 Å². The maximum Gasteiger partial charge on any atom is 0.312 e. The van der Waals surface area contributed by atoms with E-state index in [1.807, 2.05) is 48.5 Å². The highest BCUT2D eigenvalue weighted by Gasteiger charge is 2.44. The summed E-state index contributed by atoms with van der Waals surface area (Å²) in [6.07, 6.45) is 3.77. The standard InChI is InChI=1S/C29H39NO3/c1-7-25(8-2)29(6,21-28(4,5)9-3)27(31)33-19-18-32-26-16-14-24(15-17-26)23-12-10-22(20-30)11-13-23/h10-17,25H,7-9,18-19,21H2,1-6H3. The lowest BCUT2D eigenvalue weighted by Gasteiger charge is -2.40. The Kier molecular flexibility index (Phi) is 9.53. The molecule has 0 amide bonds. The van der Waals surface area contributed by atoms with Crippen molar-refractivity contribution < 1.29 is 14.3 Å². The molecule has 0 fully saturated rings. The number of hydrogen-bond acceptors (Lipinski definition) is 4. The predicted molar refractivity (Wildman–Crippen MR) is 134 cm³/mol. The Morgan fingerprint density at radius 1 is 0.909 bits per heavy atom. The third-order valence-corrected chi connectivity index (χ3v) is 6.94. The maximum atomic E-state index is 13.2. The van der Waals surface area contributed by atoms with Crippen LogP contribution in [-0.2, 0) is 9.53 Å². The number of nitriles is 1. The van der Waals surface area contributed by atoms with Crippen LogP contribution in [0.25, 0.3) is 11.1 Å². The van der Waals surface area contributed by atoms with Gasteiger partial charge in [0.1, 0.15) is 19.0 Å². The van der Waals surface area contributed by atoms with Gasteiger partial charge < -0.3 is 9.47 Å². The SMILES string of the molecule is CCC(CC)C(C)(CC(C)(C)CC)C(=O)OCCOc1ccc(-c2ccc(C#N)cc2)cc1. The molecule has 0 radical (unpaired) electrons. The first-order valence-electron chi connectivity index (χ1n) is 12.1. The highest BCUT2D eigenvalue weighted by molar-refractivity contribution is 5.77. The van der Waals surface area contributed by atoms with Gasteiger partial charge in [-0.3, -0.25) is 4.79 Å². The minimum Gasteiger partial charge on any atom is -0.490 e. The van der Waals surface area contributed by atoms with Gasteiger partial charge in [-0.1, -0.05) is 78.1 Å². The van der Waals surface area contributed by atoms with Crippen molar-refractivity contribution in [1.29, 1.82) is 5.26 Å². The van der Waals surface area contributed by atoms with Crippen molar-refractivity contribution in [1.82, 2.24) is 0 Å². The molecule has 0 saturated carbocycles. The van der Waals surface area contributed by atoms with Crippen LogP contribution in [0.15, 0.2) is 48.5 Å². The number of nitrogens with zero attached hydrogens (tertiary/aromatic N) is 1. The Labute approximate surface area is 199 Å². The van der Waals surface area contributed by atoms with E-state index in [0.29, 0.717) is 18.1 Å². The highest BCUT2D eigenvalue weighted by atomic mass is 16.6. The van der Waals surface area contributed by atoms with E-state index in [1.165, 1.54) is 0 Å².